The van der Waals surface area contributed by atoms with Gasteiger partial charge in [-0.3, -0.25) is 0 Å². The number of hydrogen-bond donors (Lipinski definition) is 0. The van der Waals surface area contributed by atoms with Crippen LogP contribution in [0.4, 0.5) is 0 Å². The van der Waals surface area contributed by atoms with E-state index in [4.69, 9.17) is 0 Å². The van der Waals surface area contributed by atoms with Gasteiger partial charge < -0.3 is 7.43 Å². The molecule has 1 radical (unpaired) electrons. The molecule has 6 aromatic carbocycles. The largest absolute Gasteiger partial charge is 8.00 e. The van der Waals surface area contributed by atoms with Crippen LogP contribution in [0, 0.1) is 57.7 Å². The Morgan fingerprint density at radius 2 is 0.634 bits per heavy atom. The van der Waals surface area contributed by atoms with Gasteiger partial charge in [0.05, 0.1) is 0 Å². The van der Waals surface area contributed by atoms with Crippen molar-refractivity contribution < 1.29 is 39.0 Å². The smallest absolute Gasteiger partial charge is 0.358 e. The summed E-state index contributed by atoms with van der Waals surface area (Å²) in [6, 6.07) is 63.0. The second-order valence-electron chi connectivity index (χ2n) is 8.66. The Morgan fingerprint density at radius 3 is 0.854 bits per heavy atom. The fourth-order valence-electron chi connectivity index (χ4n) is 3.72. The third kappa shape index (κ3) is 11.9. The minimum Gasteiger partial charge on any atom is -0.358 e. The van der Waals surface area contributed by atoms with Gasteiger partial charge in [-0.1, -0.05) is 13.8 Å². The van der Waals surface area contributed by atoms with Crippen molar-refractivity contribution in [3.05, 3.63) is 188 Å². The Morgan fingerprint density at radius 1 is 0.366 bits per heavy atom. The second kappa shape index (κ2) is 19.6. The van der Waals surface area contributed by atoms with E-state index in [9.17, 15) is 0 Å². The van der Waals surface area contributed by atoms with Crippen LogP contribution < -0.4 is 0 Å². The normalized spacial score (nSPS) is 9.12. The van der Waals surface area contributed by atoms with Gasteiger partial charge in [-0.25, -0.2) is 33.4 Å². The van der Waals surface area contributed by atoms with Crippen LogP contribution in [0.2, 0.25) is 0 Å². The van der Waals surface area contributed by atoms with Gasteiger partial charge >= 0.3 is 39.0 Å². The van der Waals surface area contributed by atoms with Crippen molar-refractivity contribution in [2.24, 2.45) is 0 Å². The first-order chi connectivity index (χ1) is 18.7. The van der Waals surface area contributed by atoms with Gasteiger partial charge in [-0.15, -0.1) is 47.5 Å². The molecule has 0 nitrogen and oxygen atoms in total. The van der Waals surface area contributed by atoms with Crippen LogP contribution in [0.25, 0.3) is 33.4 Å². The third-order valence-electron chi connectivity index (χ3n) is 5.62. The Hall–Kier alpha value is -3.43. The van der Waals surface area contributed by atoms with E-state index in [1.165, 1.54) is 11.1 Å². The van der Waals surface area contributed by atoms with Gasteiger partial charge in [0.25, 0.3) is 0 Å². The van der Waals surface area contributed by atoms with Crippen LogP contribution >= 0.6 is 0 Å². The van der Waals surface area contributed by atoms with Crippen molar-refractivity contribution in [3.63, 3.8) is 0 Å². The number of hydrogen-bond acceptors (Lipinski definition) is 0. The average molecular weight is 702 g/mol. The van der Waals surface area contributed by atoms with Crippen molar-refractivity contribution in [1.82, 2.24) is 0 Å². The standard InChI is InChI=1S/C14H12.2C12H8.CH3.2Ru/c1-11-5-3-7-13(9-11)14-8-4-6-12(2)10-14;2*1-3-7-11(8-4-1)12-9-5-2-6-10-12;;;/h3-6,9-10H,1-2H3;2*1-7,9H;1H3;;/q3*-2;-1;+1;+8. The second-order valence-corrected chi connectivity index (χ2v) is 8.66. The molecular formula is C39H31Ru2+2. The number of aryl methyl sites for hydroxylation is 2. The summed E-state index contributed by atoms with van der Waals surface area (Å²) in [6.07, 6.45) is 0. The van der Waals surface area contributed by atoms with E-state index in [0.29, 0.717) is 0 Å². The zero-order chi connectivity index (χ0) is 26.4. The maximum atomic E-state index is 3.22. The van der Waals surface area contributed by atoms with Crippen LogP contribution in [-0.2, 0) is 39.0 Å². The summed E-state index contributed by atoms with van der Waals surface area (Å²) in [5.74, 6) is 0. The first kappa shape index (κ1) is 35.6. The molecule has 6 rings (SSSR count). The molecule has 0 aromatic heterocycles. The van der Waals surface area contributed by atoms with Crippen molar-refractivity contribution in [3.8, 4) is 33.4 Å². The first-order valence-electron chi connectivity index (χ1n) is 12.5. The van der Waals surface area contributed by atoms with Crippen LogP contribution in [0.5, 0.6) is 0 Å². The summed E-state index contributed by atoms with van der Waals surface area (Å²) >= 11 is 0. The average Bonchev–Trinajstić information content (AvgIpc) is 3.00. The molecule has 6 aromatic rings. The molecule has 0 aliphatic rings. The first-order valence-corrected chi connectivity index (χ1v) is 12.5. The van der Waals surface area contributed by atoms with Crippen LogP contribution in [0.3, 0.4) is 0 Å². The van der Waals surface area contributed by atoms with E-state index >= 15 is 0 Å². The molecule has 0 aliphatic carbocycles. The molecule has 41 heavy (non-hydrogen) atoms. The van der Waals surface area contributed by atoms with Gasteiger partial charge in [0, 0.05) is 0 Å². The van der Waals surface area contributed by atoms with Crippen LogP contribution in [-0.4, -0.2) is 0 Å². The molecule has 0 saturated carbocycles. The quantitative estimate of drug-likeness (QED) is 0.127. The monoisotopic (exact) mass is 703 g/mol. The molecular weight excluding hydrogens is 671 g/mol. The predicted octanol–water partition coefficient (Wildman–Crippen LogP) is 9.92. The minimum absolute atomic E-state index is 0. The van der Waals surface area contributed by atoms with E-state index in [1.807, 2.05) is 109 Å². The summed E-state index contributed by atoms with van der Waals surface area (Å²) in [5, 5.41) is 0. The van der Waals surface area contributed by atoms with Gasteiger partial charge in [-0.2, -0.15) is 133 Å². The Balaban J connectivity index is 0.000000298. The number of rotatable bonds is 3. The van der Waals surface area contributed by atoms with E-state index in [1.54, 1.807) is 0 Å². The molecule has 0 atom stereocenters. The zero-order valence-electron chi connectivity index (χ0n) is 23.4. The molecule has 2 heteroatoms. The molecule has 0 fully saturated rings. The topological polar surface area (TPSA) is 0 Å². The molecule has 0 heterocycles. The minimum atomic E-state index is 0. The Bertz CT molecular complexity index is 1300. The maximum absolute atomic E-state index is 3.22. The van der Waals surface area contributed by atoms with Crippen molar-refractivity contribution >= 4 is 0 Å². The molecule has 0 saturated heterocycles. The summed E-state index contributed by atoms with van der Waals surface area (Å²) in [5.41, 5.74) is 9.14. The Labute approximate surface area is 273 Å². The fraction of sp³-hybridized carbons (Fsp3) is 0.0513. The predicted molar refractivity (Wildman–Crippen MR) is 165 cm³/mol. The molecule has 0 unspecified atom stereocenters. The summed E-state index contributed by atoms with van der Waals surface area (Å²) in [7, 11) is 0. The van der Waals surface area contributed by atoms with E-state index in [-0.39, 0.29) is 46.4 Å². The summed E-state index contributed by atoms with van der Waals surface area (Å²) < 4.78 is 0. The molecule has 0 bridgehead atoms. The third-order valence-corrected chi connectivity index (χ3v) is 5.62. The van der Waals surface area contributed by atoms with Crippen molar-refractivity contribution in [1.29, 1.82) is 0 Å². The number of benzene rings is 6. The van der Waals surface area contributed by atoms with Gasteiger partial charge in [0.1, 0.15) is 0 Å². The van der Waals surface area contributed by atoms with Gasteiger partial charge in [0.15, 0.2) is 0 Å². The van der Waals surface area contributed by atoms with E-state index < -0.39 is 0 Å². The van der Waals surface area contributed by atoms with Gasteiger partial charge in [0.2, 0.25) is 0 Å². The summed E-state index contributed by atoms with van der Waals surface area (Å²) in [4.78, 5) is 0. The van der Waals surface area contributed by atoms with E-state index in [2.05, 4.69) is 74.5 Å². The molecule has 0 amide bonds. The van der Waals surface area contributed by atoms with Crippen LogP contribution in [0.15, 0.2) is 133 Å². The molecule has 201 valence electrons. The van der Waals surface area contributed by atoms with E-state index in [0.717, 1.165) is 33.4 Å². The molecule has 0 aliphatic heterocycles. The van der Waals surface area contributed by atoms with Crippen LogP contribution in [0.1, 0.15) is 11.1 Å². The van der Waals surface area contributed by atoms with Crippen molar-refractivity contribution in [2.45, 2.75) is 13.8 Å². The fourth-order valence-corrected chi connectivity index (χ4v) is 3.72. The van der Waals surface area contributed by atoms with Gasteiger partial charge in [-0.05, 0) is 0 Å². The molecule has 0 N–H and O–H groups in total. The SMILES string of the molecule is Cc1cc[c-]c(-c2[c-]ccc(C)c2)c1.[CH3-].[Ru+8].[Ru+].[c-]1ccccc1-c1[c-]cccc1.[c-]1ccccc1-c1[c-]cccc1. The Kier molecular flexibility index (Phi) is 17.0. The zero-order valence-corrected chi connectivity index (χ0v) is 26.9. The molecule has 0 spiro atoms. The summed E-state index contributed by atoms with van der Waals surface area (Å²) in [6.45, 7) is 4.18. The maximum Gasteiger partial charge on any atom is 8.00 e. The van der Waals surface area contributed by atoms with Crippen molar-refractivity contribution in [2.75, 3.05) is 0 Å².